The third-order valence-corrected chi connectivity index (χ3v) is 8.86. The summed E-state index contributed by atoms with van der Waals surface area (Å²) in [4.78, 5) is 38.7. The number of likely N-dealkylation sites (N-methyl/N-ethyl adjacent to an activating group) is 1. The van der Waals surface area contributed by atoms with Crippen molar-refractivity contribution in [2.45, 2.75) is 64.1 Å². The molecule has 10 nitrogen and oxygen atoms in total. The number of amides is 2. The Morgan fingerprint density at radius 1 is 1.09 bits per heavy atom. The predicted molar refractivity (Wildman–Crippen MR) is 176 cm³/mol. The van der Waals surface area contributed by atoms with Crippen LogP contribution in [0, 0.1) is 5.92 Å². The predicted octanol–water partition coefficient (Wildman–Crippen LogP) is 4.94. The Kier molecular flexibility index (Phi) is 10.5. The van der Waals surface area contributed by atoms with Crippen LogP contribution in [0.15, 0.2) is 48.8 Å². The summed E-state index contributed by atoms with van der Waals surface area (Å²) in [6, 6.07) is 11.3. The minimum Gasteiger partial charge on any atom is -0.493 e. The Labute approximate surface area is 270 Å². The zero-order valence-corrected chi connectivity index (χ0v) is 27.4. The molecule has 1 aromatic heterocycles. The van der Waals surface area contributed by atoms with Crippen molar-refractivity contribution in [3.8, 4) is 11.5 Å². The number of hydrogen-bond acceptors (Lipinski definition) is 8. The lowest BCUT2D eigenvalue weighted by Crippen LogP contribution is -2.42. The summed E-state index contributed by atoms with van der Waals surface area (Å²) in [5, 5.41) is 6.63. The quantitative estimate of drug-likeness (QED) is 0.306. The van der Waals surface area contributed by atoms with Crippen LogP contribution in [-0.4, -0.2) is 68.2 Å². The van der Waals surface area contributed by atoms with E-state index in [-0.39, 0.29) is 24.3 Å². The SMILES string of the molecule is CNC(=O)CNC1CCC(CN(C)c2cnc(N3C(=O)Cc4cc(OC)c(OC(C)C)cc4[C@@H]3c3ccc(Cl)cc3)cn2)CC1. The molecule has 1 fully saturated rings. The van der Waals surface area contributed by atoms with E-state index in [4.69, 9.17) is 31.0 Å². The second kappa shape index (κ2) is 14.5. The number of methoxy groups -OCH3 is 1. The number of carbonyl (C=O) groups excluding carboxylic acids is 2. The van der Waals surface area contributed by atoms with E-state index in [1.54, 1.807) is 31.5 Å². The molecule has 2 heterocycles. The molecular weight excluding hydrogens is 592 g/mol. The molecule has 0 spiro atoms. The topological polar surface area (TPSA) is 109 Å². The van der Waals surface area contributed by atoms with Crippen LogP contribution in [0.5, 0.6) is 11.5 Å². The molecular formula is C34H43ClN6O4. The molecule has 1 atom stereocenters. The first-order valence-electron chi connectivity index (χ1n) is 15.6. The highest BCUT2D eigenvalue weighted by atomic mass is 35.5. The second-order valence-electron chi connectivity index (χ2n) is 12.1. The summed E-state index contributed by atoms with van der Waals surface area (Å²) in [6.45, 7) is 5.16. The highest BCUT2D eigenvalue weighted by Gasteiger charge is 2.37. The van der Waals surface area contributed by atoms with Crippen molar-refractivity contribution in [2.75, 3.05) is 44.1 Å². The van der Waals surface area contributed by atoms with Crippen molar-refractivity contribution in [3.63, 3.8) is 0 Å². The summed E-state index contributed by atoms with van der Waals surface area (Å²) in [5.74, 6) is 2.91. The molecule has 1 aliphatic carbocycles. The largest absolute Gasteiger partial charge is 0.493 e. The van der Waals surface area contributed by atoms with E-state index in [0.717, 1.165) is 54.7 Å². The lowest BCUT2D eigenvalue weighted by molar-refractivity contribution is -0.120. The number of aromatic nitrogens is 2. The minimum atomic E-state index is -0.455. The lowest BCUT2D eigenvalue weighted by atomic mass is 9.85. The number of nitrogens with one attached hydrogen (secondary N) is 2. The van der Waals surface area contributed by atoms with E-state index < -0.39 is 6.04 Å². The molecule has 1 aliphatic heterocycles. The Hall–Kier alpha value is -3.89. The van der Waals surface area contributed by atoms with E-state index in [0.29, 0.717) is 40.8 Å². The molecule has 2 aliphatic rings. The summed E-state index contributed by atoms with van der Waals surface area (Å²) in [7, 11) is 5.29. The van der Waals surface area contributed by atoms with Gasteiger partial charge in [-0.1, -0.05) is 23.7 Å². The van der Waals surface area contributed by atoms with Gasteiger partial charge in [-0.3, -0.25) is 14.5 Å². The van der Waals surface area contributed by atoms with E-state index in [2.05, 4.69) is 15.5 Å². The van der Waals surface area contributed by atoms with Crippen molar-refractivity contribution in [1.82, 2.24) is 20.6 Å². The maximum atomic E-state index is 13.8. The van der Waals surface area contributed by atoms with Crippen LogP contribution in [0.2, 0.25) is 5.02 Å². The monoisotopic (exact) mass is 634 g/mol. The summed E-state index contributed by atoms with van der Waals surface area (Å²) < 4.78 is 11.7. The molecule has 45 heavy (non-hydrogen) atoms. The molecule has 3 aromatic rings. The molecule has 2 amide bonds. The van der Waals surface area contributed by atoms with Crippen molar-refractivity contribution < 1.29 is 19.1 Å². The third-order valence-electron chi connectivity index (χ3n) is 8.61. The van der Waals surface area contributed by atoms with Crippen LogP contribution in [0.1, 0.15) is 62.3 Å². The summed E-state index contributed by atoms with van der Waals surface area (Å²) in [6.07, 6.45) is 7.82. The van der Waals surface area contributed by atoms with E-state index >= 15 is 0 Å². The van der Waals surface area contributed by atoms with E-state index in [1.165, 1.54) is 0 Å². The molecule has 2 N–H and O–H groups in total. The van der Waals surface area contributed by atoms with Crippen LogP contribution >= 0.6 is 11.6 Å². The van der Waals surface area contributed by atoms with Gasteiger partial charge in [0, 0.05) is 31.7 Å². The molecule has 0 saturated heterocycles. The Morgan fingerprint density at radius 2 is 1.82 bits per heavy atom. The Balaban J connectivity index is 1.36. The fraction of sp³-hybridized carbons (Fsp3) is 0.471. The highest BCUT2D eigenvalue weighted by Crippen LogP contribution is 2.43. The number of fused-ring (bicyclic) bond motifs is 1. The first kappa shape index (κ1) is 32.5. The number of rotatable bonds is 11. The van der Waals surface area contributed by atoms with Crippen LogP contribution in [0.25, 0.3) is 0 Å². The molecule has 0 radical (unpaired) electrons. The molecule has 240 valence electrons. The smallest absolute Gasteiger partial charge is 0.233 e. The van der Waals surface area contributed by atoms with Gasteiger partial charge in [-0.05, 0) is 86.4 Å². The first-order chi connectivity index (χ1) is 21.7. The number of ether oxygens (including phenoxy) is 2. The summed E-state index contributed by atoms with van der Waals surface area (Å²) in [5.41, 5.74) is 2.72. The number of halogens is 1. The first-order valence-corrected chi connectivity index (χ1v) is 16.0. The van der Waals surface area contributed by atoms with Gasteiger partial charge in [0.25, 0.3) is 0 Å². The molecule has 11 heteroatoms. The zero-order chi connectivity index (χ0) is 32.1. The third kappa shape index (κ3) is 7.68. The normalized spacial score (nSPS) is 19.7. The molecule has 0 unspecified atom stereocenters. The fourth-order valence-electron chi connectivity index (χ4n) is 6.29. The molecule has 0 bridgehead atoms. The number of carbonyl (C=O) groups is 2. The summed E-state index contributed by atoms with van der Waals surface area (Å²) >= 11 is 6.25. The maximum absolute atomic E-state index is 13.8. The fourth-order valence-corrected chi connectivity index (χ4v) is 6.41. The lowest BCUT2D eigenvalue weighted by Gasteiger charge is -2.37. The Bertz CT molecular complexity index is 1480. The zero-order valence-electron chi connectivity index (χ0n) is 26.7. The number of hydrogen-bond donors (Lipinski definition) is 2. The van der Waals surface area contributed by atoms with Gasteiger partial charge in [0.15, 0.2) is 17.3 Å². The van der Waals surface area contributed by atoms with Gasteiger partial charge in [-0.15, -0.1) is 0 Å². The van der Waals surface area contributed by atoms with E-state index in [1.807, 2.05) is 57.3 Å². The van der Waals surface area contributed by atoms with Crippen LogP contribution in [0.4, 0.5) is 11.6 Å². The Morgan fingerprint density at radius 3 is 2.44 bits per heavy atom. The maximum Gasteiger partial charge on any atom is 0.233 e. The number of benzene rings is 2. The molecule has 5 rings (SSSR count). The van der Waals surface area contributed by atoms with Crippen LogP contribution in [-0.2, 0) is 16.0 Å². The average molecular weight is 635 g/mol. The minimum absolute atomic E-state index is 0.0129. The van der Waals surface area contributed by atoms with Gasteiger partial charge in [-0.2, -0.15) is 0 Å². The van der Waals surface area contributed by atoms with Gasteiger partial charge in [0.1, 0.15) is 5.82 Å². The van der Waals surface area contributed by atoms with Gasteiger partial charge in [-0.25, -0.2) is 9.97 Å². The number of anilines is 2. The van der Waals surface area contributed by atoms with Crippen molar-refractivity contribution in [2.24, 2.45) is 5.92 Å². The van der Waals surface area contributed by atoms with Crippen LogP contribution < -0.4 is 29.9 Å². The average Bonchev–Trinajstić information content (AvgIpc) is 3.04. The standard InChI is InChI=1S/C34H43ClN6O4/c1-21(2)45-29-16-27-24(14-28(29)44-5)15-33(43)41(34(27)23-8-10-25(35)11-9-23)31-18-38-30(17-39-31)40(4)20-22-6-12-26(13-7-22)37-19-32(42)36-3/h8-11,14,16-18,21-22,26,34,37H,6-7,12-13,15,19-20H2,1-5H3,(H,36,42)/t22?,26?,34-/m0/s1. The van der Waals surface area contributed by atoms with E-state index in [9.17, 15) is 9.59 Å². The van der Waals surface area contributed by atoms with Gasteiger partial charge in [0.05, 0.1) is 44.6 Å². The van der Waals surface area contributed by atoms with Crippen molar-refractivity contribution >= 4 is 35.1 Å². The number of nitrogens with zero attached hydrogens (tertiary/aromatic N) is 4. The molecule has 2 aromatic carbocycles. The van der Waals surface area contributed by atoms with Crippen molar-refractivity contribution in [3.05, 3.63) is 70.5 Å². The second-order valence-corrected chi connectivity index (χ2v) is 12.6. The van der Waals surface area contributed by atoms with Crippen LogP contribution in [0.3, 0.4) is 0 Å². The van der Waals surface area contributed by atoms with Gasteiger partial charge in [0.2, 0.25) is 11.8 Å². The van der Waals surface area contributed by atoms with Gasteiger partial charge >= 0.3 is 0 Å². The van der Waals surface area contributed by atoms with Gasteiger partial charge < -0.3 is 25.0 Å². The highest BCUT2D eigenvalue weighted by molar-refractivity contribution is 6.30. The molecule has 1 saturated carbocycles. The van der Waals surface area contributed by atoms with Crippen molar-refractivity contribution in [1.29, 1.82) is 0 Å².